The molecule has 1 nitrogen and oxygen atoms in total. The van der Waals surface area contributed by atoms with Gasteiger partial charge in [-0.3, -0.25) is 0 Å². The maximum Gasteiger partial charge on any atom is 0.123 e. The van der Waals surface area contributed by atoms with Crippen LogP contribution in [-0.2, 0) is 6.42 Å². The highest BCUT2D eigenvalue weighted by Crippen LogP contribution is 2.29. The van der Waals surface area contributed by atoms with E-state index in [1.54, 1.807) is 0 Å². The van der Waals surface area contributed by atoms with Gasteiger partial charge in [-0.15, -0.1) is 0 Å². The van der Waals surface area contributed by atoms with Crippen LogP contribution in [0.25, 0.3) is 0 Å². The summed E-state index contributed by atoms with van der Waals surface area (Å²) in [5.74, 6) is -0.319. The largest absolute Gasteiger partial charge is 0.392 e. The molecule has 0 radical (unpaired) electrons. The molecule has 0 amide bonds. The maximum absolute atomic E-state index is 13.0. The third kappa shape index (κ3) is 3.19. The van der Waals surface area contributed by atoms with Crippen molar-refractivity contribution in [2.45, 2.75) is 39.7 Å². The van der Waals surface area contributed by atoms with Crippen LogP contribution in [0.1, 0.15) is 32.8 Å². The van der Waals surface area contributed by atoms with Crippen LogP contribution >= 0.6 is 11.6 Å². The van der Waals surface area contributed by atoms with Crippen molar-refractivity contribution >= 4 is 11.6 Å². The van der Waals surface area contributed by atoms with Crippen molar-refractivity contribution in [3.05, 3.63) is 34.6 Å². The Bertz CT molecular complexity index is 363. The summed E-state index contributed by atoms with van der Waals surface area (Å²) in [6.07, 6.45) is 0.732. The van der Waals surface area contributed by atoms with E-state index in [0.717, 1.165) is 6.42 Å². The zero-order valence-electron chi connectivity index (χ0n) is 9.93. The summed E-state index contributed by atoms with van der Waals surface area (Å²) in [5.41, 5.74) is 0.478. The minimum Gasteiger partial charge on any atom is -0.392 e. The molecule has 0 spiro atoms. The van der Waals surface area contributed by atoms with Crippen LogP contribution < -0.4 is 0 Å². The van der Waals surface area contributed by atoms with Gasteiger partial charge in [0.05, 0.1) is 6.10 Å². The highest BCUT2D eigenvalue weighted by Gasteiger charge is 2.26. The molecule has 0 aromatic heterocycles. The molecule has 0 aliphatic carbocycles. The van der Waals surface area contributed by atoms with E-state index in [2.05, 4.69) is 0 Å². The summed E-state index contributed by atoms with van der Waals surface area (Å²) in [6.45, 7) is 6.01. The van der Waals surface area contributed by atoms with E-state index in [1.807, 2.05) is 20.8 Å². The van der Waals surface area contributed by atoms with Crippen LogP contribution in [0.5, 0.6) is 0 Å². The van der Waals surface area contributed by atoms with E-state index < -0.39 is 6.10 Å². The first-order chi connectivity index (χ1) is 7.36. The van der Waals surface area contributed by atoms with Gasteiger partial charge in [0.2, 0.25) is 0 Å². The molecule has 1 N–H and O–H groups in total. The number of hydrogen-bond acceptors (Lipinski definition) is 1. The van der Waals surface area contributed by atoms with E-state index in [1.165, 1.54) is 18.2 Å². The molecule has 0 bridgehead atoms. The lowest BCUT2D eigenvalue weighted by molar-refractivity contribution is 0.0479. The Morgan fingerprint density at radius 1 is 1.44 bits per heavy atom. The molecule has 1 aromatic rings. The molecule has 1 rings (SSSR count). The summed E-state index contributed by atoms with van der Waals surface area (Å²) in [7, 11) is 0. The van der Waals surface area contributed by atoms with Crippen molar-refractivity contribution in [3.63, 3.8) is 0 Å². The van der Waals surface area contributed by atoms with Gasteiger partial charge in [-0.1, -0.05) is 32.4 Å². The van der Waals surface area contributed by atoms with Crippen molar-refractivity contribution in [3.8, 4) is 0 Å². The van der Waals surface area contributed by atoms with Gasteiger partial charge in [0, 0.05) is 11.4 Å². The lowest BCUT2D eigenvalue weighted by Gasteiger charge is -2.29. The molecule has 3 heteroatoms. The summed E-state index contributed by atoms with van der Waals surface area (Å²) in [5, 5.41) is 10.6. The maximum atomic E-state index is 13.0. The Morgan fingerprint density at radius 3 is 2.62 bits per heavy atom. The minimum absolute atomic E-state index is 0.185. The van der Waals surface area contributed by atoms with Gasteiger partial charge in [0.25, 0.3) is 0 Å². The molecule has 90 valence electrons. The zero-order chi connectivity index (χ0) is 12.3. The number of hydrogen-bond donors (Lipinski definition) is 1. The first-order valence-corrected chi connectivity index (χ1v) is 5.86. The van der Waals surface area contributed by atoms with Gasteiger partial charge in [0.1, 0.15) is 5.82 Å². The van der Waals surface area contributed by atoms with Crippen molar-refractivity contribution in [1.82, 2.24) is 0 Å². The Kier molecular flexibility index (Phi) is 4.34. The molecule has 0 aliphatic heterocycles. The molecule has 0 aliphatic rings. The van der Waals surface area contributed by atoms with Gasteiger partial charge in [-0.25, -0.2) is 4.39 Å². The Balaban J connectivity index is 2.84. The number of rotatable bonds is 4. The van der Waals surface area contributed by atoms with Crippen LogP contribution in [0.15, 0.2) is 18.2 Å². The summed E-state index contributed by atoms with van der Waals surface area (Å²) in [6, 6.07) is 4.23. The highest BCUT2D eigenvalue weighted by molar-refractivity contribution is 6.31. The molecule has 1 unspecified atom stereocenters. The van der Waals surface area contributed by atoms with Crippen molar-refractivity contribution in [1.29, 1.82) is 0 Å². The summed E-state index contributed by atoms with van der Waals surface area (Å²) >= 11 is 5.96. The number of aliphatic hydroxyl groups is 1. The number of aliphatic hydroxyl groups excluding tert-OH is 1. The van der Waals surface area contributed by atoms with E-state index in [9.17, 15) is 9.50 Å². The molecule has 0 fully saturated rings. The van der Waals surface area contributed by atoms with E-state index >= 15 is 0 Å². The molecule has 1 atom stereocenters. The van der Waals surface area contributed by atoms with Crippen LogP contribution in [0.2, 0.25) is 5.02 Å². The van der Waals surface area contributed by atoms with Gasteiger partial charge in [-0.2, -0.15) is 0 Å². The van der Waals surface area contributed by atoms with E-state index in [-0.39, 0.29) is 11.2 Å². The van der Waals surface area contributed by atoms with Crippen molar-refractivity contribution in [2.75, 3.05) is 0 Å². The lowest BCUT2D eigenvalue weighted by atomic mass is 9.81. The molecule has 0 saturated heterocycles. The first-order valence-electron chi connectivity index (χ1n) is 5.49. The quantitative estimate of drug-likeness (QED) is 0.854. The van der Waals surface area contributed by atoms with Gasteiger partial charge in [0.15, 0.2) is 0 Å². The van der Waals surface area contributed by atoms with Gasteiger partial charge in [-0.05, 0) is 35.6 Å². The van der Waals surface area contributed by atoms with E-state index in [4.69, 9.17) is 11.6 Å². The second-order valence-electron chi connectivity index (χ2n) is 4.80. The van der Waals surface area contributed by atoms with Crippen LogP contribution in [-0.4, -0.2) is 11.2 Å². The average molecular weight is 245 g/mol. The number of benzene rings is 1. The predicted octanol–water partition coefficient (Wildman–Crippen LogP) is 3.82. The predicted molar refractivity (Wildman–Crippen MR) is 65.2 cm³/mol. The Hall–Kier alpha value is -0.600. The molecular formula is C13H18ClFO. The average Bonchev–Trinajstić information content (AvgIpc) is 2.23. The van der Waals surface area contributed by atoms with Crippen LogP contribution in [0.4, 0.5) is 4.39 Å². The lowest BCUT2D eigenvalue weighted by Crippen LogP contribution is -2.30. The van der Waals surface area contributed by atoms with Crippen LogP contribution in [0.3, 0.4) is 0 Å². The SMILES string of the molecule is CCC(C)(C)C(O)Cc1cc(F)ccc1Cl. The Labute approximate surface area is 101 Å². The topological polar surface area (TPSA) is 20.2 Å². The third-order valence-electron chi connectivity index (χ3n) is 3.23. The minimum atomic E-state index is -0.517. The summed E-state index contributed by atoms with van der Waals surface area (Å²) in [4.78, 5) is 0. The molecule has 0 heterocycles. The molecule has 16 heavy (non-hydrogen) atoms. The second kappa shape index (κ2) is 5.15. The fraction of sp³-hybridized carbons (Fsp3) is 0.538. The molecule has 1 aromatic carbocycles. The fourth-order valence-corrected chi connectivity index (χ4v) is 1.61. The molecular weight excluding hydrogens is 227 g/mol. The summed E-state index contributed by atoms with van der Waals surface area (Å²) < 4.78 is 13.0. The normalized spacial score (nSPS) is 13.9. The number of halogens is 2. The van der Waals surface area contributed by atoms with Crippen molar-refractivity contribution in [2.24, 2.45) is 5.41 Å². The highest BCUT2D eigenvalue weighted by atomic mass is 35.5. The zero-order valence-corrected chi connectivity index (χ0v) is 10.7. The van der Waals surface area contributed by atoms with Crippen LogP contribution in [0, 0.1) is 11.2 Å². The standard InChI is InChI=1S/C13H18ClFO/c1-4-13(2,3)12(16)8-9-7-10(15)5-6-11(9)14/h5-7,12,16H,4,8H2,1-3H3. The molecule has 0 saturated carbocycles. The first kappa shape index (κ1) is 13.5. The van der Waals surface area contributed by atoms with Gasteiger partial charge >= 0.3 is 0 Å². The van der Waals surface area contributed by atoms with E-state index in [0.29, 0.717) is 17.0 Å². The van der Waals surface area contributed by atoms with Gasteiger partial charge < -0.3 is 5.11 Å². The Morgan fingerprint density at radius 2 is 2.06 bits per heavy atom. The smallest absolute Gasteiger partial charge is 0.123 e. The third-order valence-corrected chi connectivity index (χ3v) is 3.60. The monoisotopic (exact) mass is 244 g/mol. The van der Waals surface area contributed by atoms with Crippen molar-refractivity contribution < 1.29 is 9.50 Å². The fourth-order valence-electron chi connectivity index (χ4n) is 1.42. The second-order valence-corrected chi connectivity index (χ2v) is 5.20.